The van der Waals surface area contributed by atoms with Crippen molar-refractivity contribution in [1.29, 1.82) is 0 Å². The van der Waals surface area contributed by atoms with E-state index in [4.69, 9.17) is 14.2 Å². The van der Waals surface area contributed by atoms with Gasteiger partial charge < -0.3 is 19.5 Å². The van der Waals surface area contributed by atoms with E-state index in [1.807, 2.05) is 54.6 Å². The third-order valence-corrected chi connectivity index (χ3v) is 6.32. The van der Waals surface area contributed by atoms with Crippen molar-refractivity contribution < 1.29 is 28.6 Å². The predicted octanol–water partition coefficient (Wildman–Crippen LogP) is 5.84. The molecule has 2 unspecified atom stereocenters. The van der Waals surface area contributed by atoms with Crippen molar-refractivity contribution in [3.05, 3.63) is 60.2 Å². The van der Waals surface area contributed by atoms with Crippen LogP contribution in [-0.4, -0.2) is 41.9 Å². The van der Waals surface area contributed by atoms with Crippen molar-refractivity contribution in [3.8, 4) is 11.1 Å². The molecule has 1 heterocycles. The number of Topliss-reactive ketones (excluding diaryl/α,β-unsaturated/α-hetero) is 1. The third-order valence-electron chi connectivity index (χ3n) is 6.32. The van der Waals surface area contributed by atoms with E-state index >= 15 is 0 Å². The van der Waals surface area contributed by atoms with Crippen LogP contribution >= 0.6 is 0 Å². The summed E-state index contributed by atoms with van der Waals surface area (Å²) in [6.45, 7) is 10.6. The van der Waals surface area contributed by atoms with Gasteiger partial charge in [0.15, 0.2) is 0 Å². The minimum atomic E-state index is -1.45. The Hall–Kier alpha value is -3.19. The number of carbonyl (C=O) groups is 3. The zero-order valence-electron chi connectivity index (χ0n) is 22.8. The molecule has 2 atom stereocenters. The third kappa shape index (κ3) is 8.15. The summed E-state index contributed by atoms with van der Waals surface area (Å²) in [5.74, 6) is -2.03. The second-order valence-corrected chi connectivity index (χ2v) is 11.3. The van der Waals surface area contributed by atoms with Crippen molar-refractivity contribution >= 4 is 17.8 Å². The first kappa shape index (κ1) is 28.4. The highest BCUT2D eigenvalue weighted by Gasteiger charge is 2.47. The molecule has 1 N–H and O–H groups in total. The van der Waals surface area contributed by atoms with Gasteiger partial charge in [0.05, 0.1) is 6.61 Å². The SMILES string of the molecule is CC(C)(C)OC(=O)NC(Cc1ccc(-c2ccccc2)cc1)CC1(C)C(=O)CCCOC(C)(C)OC1=O. The molecule has 0 aromatic heterocycles. The zero-order chi connectivity index (χ0) is 27.3. The van der Waals surface area contributed by atoms with Gasteiger partial charge in [-0.15, -0.1) is 0 Å². The van der Waals surface area contributed by atoms with Gasteiger partial charge in [0.2, 0.25) is 5.79 Å². The first-order valence-corrected chi connectivity index (χ1v) is 12.8. The summed E-state index contributed by atoms with van der Waals surface area (Å²) >= 11 is 0. The summed E-state index contributed by atoms with van der Waals surface area (Å²) in [4.78, 5) is 39.3. The van der Waals surface area contributed by atoms with Crippen LogP contribution in [0, 0.1) is 5.41 Å². The maximum atomic E-state index is 13.3. The van der Waals surface area contributed by atoms with E-state index in [2.05, 4.69) is 5.32 Å². The normalized spacial score (nSPS) is 21.1. The van der Waals surface area contributed by atoms with E-state index in [0.717, 1.165) is 16.7 Å². The Morgan fingerprint density at radius 3 is 2.24 bits per heavy atom. The van der Waals surface area contributed by atoms with Crippen LogP contribution in [0.15, 0.2) is 54.6 Å². The number of hydrogen-bond acceptors (Lipinski definition) is 6. The minimum absolute atomic E-state index is 0.0699. The number of amides is 1. The van der Waals surface area contributed by atoms with Crippen LogP contribution in [-0.2, 0) is 30.2 Å². The predicted molar refractivity (Wildman–Crippen MR) is 142 cm³/mol. The Balaban J connectivity index is 1.87. The molecule has 0 aliphatic carbocycles. The fourth-order valence-electron chi connectivity index (χ4n) is 4.39. The summed E-state index contributed by atoms with van der Waals surface area (Å²) in [7, 11) is 0. The lowest BCUT2D eigenvalue weighted by molar-refractivity contribution is -0.221. The van der Waals surface area contributed by atoms with Crippen LogP contribution in [0.2, 0.25) is 0 Å². The molecule has 0 radical (unpaired) electrons. The lowest BCUT2D eigenvalue weighted by atomic mass is 9.76. The lowest BCUT2D eigenvalue weighted by Gasteiger charge is -2.33. The molecule has 0 spiro atoms. The first-order valence-electron chi connectivity index (χ1n) is 12.8. The van der Waals surface area contributed by atoms with Crippen LogP contribution in [0.1, 0.15) is 66.4 Å². The average Bonchev–Trinajstić information content (AvgIpc) is 2.83. The highest BCUT2D eigenvalue weighted by Crippen LogP contribution is 2.33. The molecule has 1 amide bonds. The summed E-state index contributed by atoms with van der Waals surface area (Å²) in [5, 5.41) is 2.90. The highest BCUT2D eigenvalue weighted by atomic mass is 16.7. The fraction of sp³-hybridized carbons (Fsp3) is 0.500. The molecule has 2 aromatic rings. The molecular formula is C30H39NO6. The van der Waals surface area contributed by atoms with Crippen molar-refractivity contribution in [3.63, 3.8) is 0 Å². The van der Waals surface area contributed by atoms with Crippen molar-refractivity contribution in [2.24, 2.45) is 5.41 Å². The average molecular weight is 510 g/mol. The van der Waals surface area contributed by atoms with Gasteiger partial charge >= 0.3 is 12.1 Å². The molecule has 200 valence electrons. The number of esters is 1. The Bertz CT molecular complexity index is 1090. The van der Waals surface area contributed by atoms with Crippen LogP contribution in [0.25, 0.3) is 11.1 Å². The number of benzene rings is 2. The number of hydrogen-bond donors (Lipinski definition) is 1. The molecule has 2 aromatic carbocycles. The van der Waals surface area contributed by atoms with Gasteiger partial charge in [0, 0.05) is 26.3 Å². The van der Waals surface area contributed by atoms with Gasteiger partial charge in [-0.3, -0.25) is 9.59 Å². The van der Waals surface area contributed by atoms with Crippen molar-refractivity contribution in [1.82, 2.24) is 5.32 Å². The molecule has 1 aliphatic rings. The van der Waals surface area contributed by atoms with Gasteiger partial charge in [0.25, 0.3) is 0 Å². The largest absolute Gasteiger partial charge is 0.444 e. The first-order chi connectivity index (χ1) is 17.3. The smallest absolute Gasteiger partial charge is 0.407 e. The molecule has 1 aliphatic heterocycles. The van der Waals surface area contributed by atoms with Gasteiger partial charge in [0.1, 0.15) is 16.8 Å². The molecule has 7 heteroatoms. The van der Waals surface area contributed by atoms with E-state index in [0.29, 0.717) is 19.4 Å². The van der Waals surface area contributed by atoms with Gasteiger partial charge in [-0.25, -0.2) is 4.79 Å². The molecule has 1 fully saturated rings. The van der Waals surface area contributed by atoms with E-state index < -0.39 is 34.9 Å². The summed E-state index contributed by atoms with van der Waals surface area (Å²) in [5.41, 5.74) is 0.995. The molecule has 1 saturated heterocycles. The number of nitrogens with one attached hydrogen (secondary N) is 1. The quantitative estimate of drug-likeness (QED) is 0.388. The molecule has 0 saturated carbocycles. The van der Waals surface area contributed by atoms with Crippen LogP contribution in [0.3, 0.4) is 0 Å². The zero-order valence-corrected chi connectivity index (χ0v) is 22.8. The topological polar surface area (TPSA) is 90.9 Å². The molecule has 7 nitrogen and oxygen atoms in total. The fourth-order valence-corrected chi connectivity index (χ4v) is 4.39. The minimum Gasteiger partial charge on any atom is -0.444 e. The van der Waals surface area contributed by atoms with Gasteiger partial charge in [-0.1, -0.05) is 54.6 Å². The number of alkyl carbamates (subject to hydrolysis) is 1. The number of carbonyl (C=O) groups excluding carboxylic acids is 3. The van der Waals surface area contributed by atoms with Gasteiger partial charge in [-0.05, 0) is 63.6 Å². The maximum Gasteiger partial charge on any atom is 0.407 e. The number of ether oxygens (including phenoxy) is 3. The lowest BCUT2D eigenvalue weighted by Crippen LogP contribution is -2.49. The van der Waals surface area contributed by atoms with E-state index in [-0.39, 0.29) is 18.6 Å². The van der Waals surface area contributed by atoms with Crippen LogP contribution in [0.5, 0.6) is 0 Å². The second kappa shape index (κ2) is 11.5. The Kier molecular flexibility index (Phi) is 8.80. The Morgan fingerprint density at radius 2 is 1.62 bits per heavy atom. The van der Waals surface area contributed by atoms with E-state index in [9.17, 15) is 14.4 Å². The van der Waals surface area contributed by atoms with Crippen LogP contribution in [0.4, 0.5) is 4.79 Å². The van der Waals surface area contributed by atoms with Crippen molar-refractivity contribution in [2.45, 2.75) is 84.7 Å². The second-order valence-electron chi connectivity index (χ2n) is 11.3. The number of rotatable bonds is 6. The number of cyclic esters (lactones) is 1. The summed E-state index contributed by atoms with van der Waals surface area (Å²) < 4.78 is 16.8. The van der Waals surface area contributed by atoms with E-state index in [1.54, 1.807) is 41.5 Å². The van der Waals surface area contributed by atoms with E-state index in [1.165, 1.54) is 0 Å². The van der Waals surface area contributed by atoms with Gasteiger partial charge in [-0.2, -0.15) is 0 Å². The molecule has 3 rings (SSSR count). The summed E-state index contributed by atoms with van der Waals surface area (Å²) in [6, 6.07) is 17.5. The molecule has 37 heavy (non-hydrogen) atoms. The monoisotopic (exact) mass is 509 g/mol. The maximum absolute atomic E-state index is 13.3. The summed E-state index contributed by atoms with van der Waals surface area (Å²) in [6.07, 6.45) is 0.548. The highest BCUT2D eigenvalue weighted by molar-refractivity contribution is 6.03. The molecular weight excluding hydrogens is 470 g/mol. The Labute approximate surface area is 219 Å². The van der Waals surface area contributed by atoms with Crippen LogP contribution < -0.4 is 5.32 Å². The number of ketones is 1. The molecule has 0 bridgehead atoms. The Morgan fingerprint density at radius 1 is 1.00 bits per heavy atom. The van der Waals surface area contributed by atoms with Crippen molar-refractivity contribution in [2.75, 3.05) is 6.61 Å². The standard InChI is InChI=1S/C30H39NO6/c1-28(2,3)37-27(34)31-24(19-21-14-16-23(17-15-21)22-11-8-7-9-12-22)20-30(6)25(32)13-10-18-35-29(4,5)36-26(30)33/h7-9,11-12,14-17,24H,10,13,18-20H2,1-6H3,(H,31,34).